The molecule has 0 bridgehead atoms. The van der Waals surface area contributed by atoms with Crippen molar-refractivity contribution in [1.29, 1.82) is 0 Å². The van der Waals surface area contributed by atoms with Crippen molar-refractivity contribution in [2.24, 2.45) is 0 Å². The van der Waals surface area contributed by atoms with E-state index in [1.165, 1.54) is 0 Å². The molecule has 1 aromatic rings. The number of H-pyrrole nitrogens is 1. The molecule has 1 fully saturated rings. The van der Waals surface area contributed by atoms with Crippen molar-refractivity contribution in [2.75, 3.05) is 13.1 Å². The maximum Gasteiger partial charge on any atom is 0.133 e. The van der Waals surface area contributed by atoms with Gasteiger partial charge in [0.2, 0.25) is 0 Å². The van der Waals surface area contributed by atoms with Crippen molar-refractivity contribution in [1.82, 2.24) is 15.5 Å². The molecule has 3 N–H and O–H groups in total. The molecule has 2 heterocycles. The van der Waals surface area contributed by atoms with E-state index in [4.69, 9.17) is 0 Å². The van der Waals surface area contributed by atoms with Gasteiger partial charge in [0.15, 0.2) is 0 Å². The van der Waals surface area contributed by atoms with Gasteiger partial charge in [-0.2, -0.15) is 5.10 Å². The van der Waals surface area contributed by atoms with Crippen molar-refractivity contribution >= 4 is 0 Å². The van der Waals surface area contributed by atoms with Crippen LogP contribution in [0.3, 0.4) is 0 Å². The van der Waals surface area contributed by atoms with Crippen LogP contribution in [0.4, 0.5) is 0 Å². The van der Waals surface area contributed by atoms with Gasteiger partial charge >= 0.3 is 0 Å². The first-order chi connectivity index (χ1) is 5.21. The van der Waals surface area contributed by atoms with E-state index < -0.39 is 5.60 Å². The zero-order valence-corrected chi connectivity index (χ0v) is 6.39. The Hall–Kier alpha value is -0.870. The monoisotopic (exact) mass is 153 g/mol. The van der Waals surface area contributed by atoms with Crippen LogP contribution < -0.4 is 5.32 Å². The third-order valence-corrected chi connectivity index (χ3v) is 2.02. The third-order valence-electron chi connectivity index (χ3n) is 2.02. The second-order valence-electron chi connectivity index (χ2n) is 3.07. The van der Waals surface area contributed by atoms with Gasteiger partial charge in [-0.05, 0) is 13.0 Å². The number of aryl methyl sites for hydroxylation is 1. The van der Waals surface area contributed by atoms with Gasteiger partial charge in [-0.3, -0.25) is 5.10 Å². The number of aromatic nitrogens is 2. The Kier molecular flexibility index (Phi) is 1.27. The molecule has 0 amide bonds. The Bertz CT molecular complexity index is 264. The maximum absolute atomic E-state index is 9.75. The van der Waals surface area contributed by atoms with Gasteiger partial charge in [0, 0.05) is 18.8 Å². The number of nitrogens with one attached hydrogen (secondary N) is 2. The normalized spacial score (nSPS) is 21.3. The minimum atomic E-state index is -0.718. The Morgan fingerprint density at radius 2 is 2.36 bits per heavy atom. The summed E-state index contributed by atoms with van der Waals surface area (Å²) in [4.78, 5) is 0. The fraction of sp³-hybridized carbons (Fsp3) is 0.571. The van der Waals surface area contributed by atoms with Crippen LogP contribution in [0, 0.1) is 6.92 Å². The molecule has 1 aliphatic rings. The molecule has 4 heteroatoms. The zero-order valence-electron chi connectivity index (χ0n) is 6.39. The molecule has 1 aliphatic heterocycles. The van der Waals surface area contributed by atoms with Crippen LogP contribution in [0.5, 0.6) is 0 Å². The average Bonchev–Trinajstić information content (AvgIpc) is 2.31. The zero-order chi connectivity index (χ0) is 7.90. The first kappa shape index (κ1) is 6.82. The molecule has 1 aromatic heterocycles. The molecular weight excluding hydrogens is 142 g/mol. The lowest BCUT2D eigenvalue weighted by Crippen LogP contribution is -2.56. The van der Waals surface area contributed by atoms with E-state index >= 15 is 0 Å². The van der Waals surface area contributed by atoms with Crippen molar-refractivity contribution in [3.63, 3.8) is 0 Å². The molecule has 0 atom stereocenters. The summed E-state index contributed by atoms with van der Waals surface area (Å²) in [6, 6.07) is 1.88. The van der Waals surface area contributed by atoms with E-state index in [0.717, 1.165) is 11.4 Å². The second-order valence-corrected chi connectivity index (χ2v) is 3.07. The molecule has 0 spiro atoms. The van der Waals surface area contributed by atoms with E-state index in [-0.39, 0.29) is 0 Å². The largest absolute Gasteiger partial charge is 0.381 e. The van der Waals surface area contributed by atoms with Gasteiger partial charge in [0.1, 0.15) is 5.60 Å². The Labute approximate surface area is 64.6 Å². The maximum atomic E-state index is 9.75. The highest BCUT2D eigenvalue weighted by atomic mass is 16.3. The number of hydrogen-bond donors (Lipinski definition) is 3. The highest BCUT2D eigenvalue weighted by molar-refractivity contribution is 5.19. The minimum absolute atomic E-state index is 0.608. The summed E-state index contributed by atoms with van der Waals surface area (Å²) < 4.78 is 0. The van der Waals surface area contributed by atoms with Crippen LogP contribution in [0.25, 0.3) is 0 Å². The quantitative estimate of drug-likeness (QED) is 0.510. The molecule has 0 unspecified atom stereocenters. The SMILES string of the molecule is Cc1cc(C2(O)CNC2)n[nH]1. The van der Waals surface area contributed by atoms with Crippen LogP contribution in [0.1, 0.15) is 11.4 Å². The predicted molar refractivity (Wildman–Crippen MR) is 40.1 cm³/mol. The Morgan fingerprint density at radius 3 is 2.73 bits per heavy atom. The highest BCUT2D eigenvalue weighted by Gasteiger charge is 2.38. The second kappa shape index (κ2) is 2.06. The lowest BCUT2D eigenvalue weighted by Gasteiger charge is -2.35. The summed E-state index contributed by atoms with van der Waals surface area (Å²) in [7, 11) is 0. The first-order valence-electron chi connectivity index (χ1n) is 3.66. The van der Waals surface area contributed by atoms with Gasteiger partial charge in [0.05, 0.1) is 5.69 Å². The van der Waals surface area contributed by atoms with Crippen molar-refractivity contribution in [3.05, 3.63) is 17.5 Å². The van der Waals surface area contributed by atoms with Crippen LogP contribution in [0.2, 0.25) is 0 Å². The topological polar surface area (TPSA) is 60.9 Å². The van der Waals surface area contributed by atoms with Gasteiger partial charge in [-0.25, -0.2) is 0 Å². The smallest absolute Gasteiger partial charge is 0.133 e. The van der Waals surface area contributed by atoms with E-state index in [1.54, 1.807) is 0 Å². The molecule has 11 heavy (non-hydrogen) atoms. The predicted octanol–water partition coefficient (Wildman–Crippen LogP) is -0.491. The fourth-order valence-corrected chi connectivity index (χ4v) is 1.20. The molecule has 60 valence electrons. The number of hydrogen-bond acceptors (Lipinski definition) is 3. The van der Waals surface area contributed by atoms with E-state index in [9.17, 15) is 5.11 Å². The highest BCUT2D eigenvalue weighted by Crippen LogP contribution is 2.23. The standard InChI is InChI=1S/C7H11N3O/c1-5-2-6(10-9-5)7(11)3-8-4-7/h2,8,11H,3-4H2,1H3,(H,9,10). The number of nitrogens with zero attached hydrogens (tertiary/aromatic N) is 1. The Balaban J connectivity index is 2.28. The minimum Gasteiger partial charge on any atom is -0.381 e. The van der Waals surface area contributed by atoms with Crippen molar-refractivity contribution < 1.29 is 5.11 Å². The first-order valence-corrected chi connectivity index (χ1v) is 3.66. The van der Waals surface area contributed by atoms with Gasteiger partial charge in [-0.15, -0.1) is 0 Å². The molecule has 0 radical (unpaired) electrons. The lowest BCUT2D eigenvalue weighted by molar-refractivity contribution is -0.0186. The number of aliphatic hydroxyl groups is 1. The van der Waals surface area contributed by atoms with E-state index in [1.807, 2.05) is 13.0 Å². The average molecular weight is 153 g/mol. The summed E-state index contributed by atoms with van der Waals surface area (Å²) in [5.74, 6) is 0. The lowest BCUT2D eigenvalue weighted by atomic mass is 9.93. The fourth-order valence-electron chi connectivity index (χ4n) is 1.20. The molecule has 0 saturated carbocycles. The van der Waals surface area contributed by atoms with Crippen LogP contribution in [-0.4, -0.2) is 28.4 Å². The molecule has 4 nitrogen and oxygen atoms in total. The van der Waals surface area contributed by atoms with Crippen LogP contribution >= 0.6 is 0 Å². The van der Waals surface area contributed by atoms with Crippen molar-refractivity contribution in [2.45, 2.75) is 12.5 Å². The summed E-state index contributed by atoms with van der Waals surface area (Å²) in [5.41, 5.74) is 1.01. The summed E-state index contributed by atoms with van der Waals surface area (Å²) in [6.07, 6.45) is 0. The van der Waals surface area contributed by atoms with Crippen molar-refractivity contribution in [3.8, 4) is 0 Å². The molecule has 0 aromatic carbocycles. The van der Waals surface area contributed by atoms with E-state index in [2.05, 4.69) is 15.5 Å². The Morgan fingerprint density at radius 1 is 1.64 bits per heavy atom. The number of β-amino-alcohol motifs (C(OH)–C–C–N with tert-alkyl or cyclic N) is 1. The molecule has 0 aliphatic carbocycles. The van der Waals surface area contributed by atoms with E-state index in [0.29, 0.717) is 13.1 Å². The molecule has 2 rings (SSSR count). The number of aromatic amines is 1. The van der Waals surface area contributed by atoms with Crippen LogP contribution in [0.15, 0.2) is 6.07 Å². The molecular formula is C7H11N3O. The summed E-state index contributed by atoms with van der Waals surface area (Å²) >= 11 is 0. The third kappa shape index (κ3) is 0.948. The summed E-state index contributed by atoms with van der Waals surface area (Å²) in [5, 5.41) is 19.6. The van der Waals surface area contributed by atoms with Gasteiger partial charge < -0.3 is 10.4 Å². The van der Waals surface area contributed by atoms with Crippen LogP contribution in [-0.2, 0) is 5.60 Å². The van der Waals surface area contributed by atoms with Gasteiger partial charge in [0.25, 0.3) is 0 Å². The summed E-state index contributed by atoms with van der Waals surface area (Å²) in [6.45, 7) is 3.14. The van der Waals surface area contributed by atoms with Gasteiger partial charge in [-0.1, -0.05) is 0 Å². The number of rotatable bonds is 1. The molecule has 1 saturated heterocycles.